The van der Waals surface area contributed by atoms with Crippen LogP contribution in [0.2, 0.25) is 0 Å². The number of hydrogen-bond acceptors (Lipinski definition) is 4. The van der Waals surface area contributed by atoms with Gasteiger partial charge in [-0.05, 0) is 25.1 Å². The molecule has 0 saturated carbocycles. The zero-order chi connectivity index (χ0) is 12.8. The van der Waals surface area contributed by atoms with Gasteiger partial charge in [0.15, 0.2) is 0 Å². The van der Waals surface area contributed by atoms with Crippen LogP contribution in [0.5, 0.6) is 0 Å². The van der Waals surface area contributed by atoms with Gasteiger partial charge in [0.2, 0.25) is 0 Å². The molecule has 0 bridgehead atoms. The number of Topliss-reactive ketones (excluding diaryl/α,β-unsaturated/α-hetero) is 1. The summed E-state index contributed by atoms with van der Waals surface area (Å²) in [7, 11) is 1.71. The summed E-state index contributed by atoms with van der Waals surface area (Å²) in [6, 6.07) is 7.14. The highest BCUT2D eigenvalue weighted by atomic mass is 16.3. The van der Waals surface area contributed by atoms with Gasteiger partial charge in [-0.25, -0.2) is 0 Å². The average molecular weight is 237 g/mol. The lowest BCUT2D eigenvalue weighted by Gasteiger charge is -2.20. The Labute approximate surface area is 101 Å². The van der Waals surface area contributed by atoms with Crippen molar-refractivity contribution in [3.8, 4) is 0 Å². The molecule has 3 N–H and O–H groups in total. The van der Waals surface area contributed by atoms with Crippen LogP contribution in [0.15, 0.2) is 24.3 Å². The molecule has 0 heterocycles. The van der Waals surface area contributed by atoms with E-state index in [1.165, 1.54) is 6.92 Å². The van der Waals surface area contributed by atoms with Crippen molar-refractivity contribution in [1.29, 1.82) is 0 Å². The van der Waals surface area contributed by atoms with Crippen LogP contribution in [-0.4, -0.2) is 35.7 Å². The molecule has 0 saturated heterocycles. The van der Waals surface area contributed by atoms with Gasteiger partial charge in [-0.1, -0.05) is 24.3 Å². The third-order valence-electron chi connectivity index (χ3n) is 2.59. The molecule has 1 aromatic carbocycles. The predicted octanol–water partition coefficient (Wildman–Crippen LogP) is 0.432. The van der Waals surface area contributed by atoms with Crippen molar-refractivity contribution in [1.82, 2.24) is 5.32 Å². The van der Waals surface area contributed by atoms with Crippen LogP contribution < -0.4 is 5.32 Å². The molecule has 1 aromatic rings. The Kier molecular flexibility index (Phi) is 5.28. The Bertz CT molecular complexity index is 379. The van der Waals surface area contributed by atoms with E-state index in [0.717, 1.165) is 5.56 Å². The Morgan fingerprint density at radius 1 is 1.35 bits per heavy atom. The second-order valence-corrected chi connectivity index (χ2v) is 4.15. The van der Waals surface area contributed by atoms with Crippen LogP contribution in [-0.2, 0) is 11.2 Å². The van der Waals surface area contributed by atoms with Crippen molar-refractivity contribution in [2.75, 3.05) is 13.6 Å². The number of likely N-dealkylation sites (N-methyl/N-ethyl adjacent to an activating group) is 1. The summed E-state index contributed by atoms with van der Waals surface area (Å²) in [5.74, 6) is 0.0350. The molecule has 0 aromatic heterocycles. The molecule has 1 rings (SSSR count). The molecular weight excluding hydrogens is 218 g/mol. The summed E-state index contributed by atoms with van der Waals surface area (Å²) in [4.78, 5) is 11.1. The van der Waals surface area contributed by atoms with Crippen LogP contribution in [0.1, 0.15) is 24.2 Å². The molecule has 17 heavy (non-hydrogen) atoms. The van der Waals surface area contributed by atoms with Gasteiger partial charge in [-0.3, -0.25) is 4.79 Å². The van der Waals surface area contributed by atoms with Crippen molar-refractivity contribution in [2.24, 2.45) is 0 Å². The Morgan fingerprint density at radius 3 is 2.59 bits per heavy atom. The topological polar surface area (TPSA) is 69.6 Å². The van der Waals surface area contributed by atoms with Crippen molar-refractivity contribution in [2.45, 2.75) is 25.6 Å². The third kappa shape index (κ3) is 3.93. The molecule has 2 unspecified atom stereocenters. The molecule has 0 aliphatic carbocycles. The lowest BCUT2D eigenvalue weighted by Crippen LogP contribution is -2.30. The van der Waals surface area contributed by atoms with E-state index in [-0.39, 0.29) is 12.2 Å². The van der Waals surface area contributed by atoms with Gasteiger partial charge in [0.25, 0.3) is 0 Å². The van der Waals surface area contributed by atoms with Crippen LogP contribution in [0.25, 0.3) is 0 Å². The van der Waals surface area contributed by atoms with Gasteiger partial charge in [-0.15, -0.1) is 0 Å². The maximum absolute atomic E-state index is 11.1. The van der Waals surface area contributed by atoms with Crippen LogP contribution >= 0.6 is 0 Å². The first-order chi connectivity index (χ1) is 8.06. The Morgan fingerprint density at radius 2 is 2.00 bits per heavy atom. The molecule has 0 aliphatic rings. The average Bonchev–Trinajstić information content (AvgIpc) is 2.28. The number of hydrogen-bond donors (Lipinski definition) is 3. The minimum absolute atomic E-state index is 0.0350. The lowest BCUT2D eigenvalue weighted by atomic mass is 9.95. The summed E-state index contributed by atoms with van der Waals surface area (Å²) in [6.45, 7) is 1.81. The molecule has 0 fully saturated rings. The maximum atomic E-state index is 11.1. The van der Waals surface area contributed by atoms with Gasteiger partial charge in [-0.2, -0.15) is 0 Å². The number of aliphatic hydroxyl groups excluding tert-OH is 2. The highest BCUT2D eigenvalue weighted by Crippen LogP contribution is 2.21. The van der Waals surface area contributed by atoms with Crippen LogP contribution in [0.4, 0.5) is 0 Å². The summed E-state index contributed by atoms with van der Waals surface area (Å²) >= 11 is 0. The van der Waals surface area contributed by atoms with Crippen molar-refractivity contribution in [3.63, 3.8) is 0 Å². The fourth-order valence-electron chi connectivity index (χ4n) is 1.78. The summed E-state index contributed by atoms with van der Waals surface area (Å²) < 4.78 is 0. The maximum Gasteiger partial charge on any atom is 0.134 e. The predicted molar refractivity (Wildman–Crippen MR) is 65.7 cm³/mol. The molecule has 4 heteroatoms. The van der Waals surface area contributed by atoms with Gasteiger partial charge >= 0.3 is 0 Å². The SMILES string of the molecule is CNCC(O)C(O)c1ccccc1CC(C)=O. The number of nitrogens with one attached hydrogen (secondary N) is 1. The van der Waals surface area contributed by atoms with Gasteiger partial charge < -0.3 is 15.5 Å². The van der Waals surface area contributed by atoms with Gasteiger partial charge in [0.1, 0.15) is 11.9 Å². The van der Waals surface area contributed by atoms with Gasteiger partial charge in [0.05, 0.1) is 6.10 Å². The number of ketones is 1. The van der Waals surface area contributed by atoms with Crippen LogP contribution in [0.3, 0.4) is 0 Å². The normalized spacial score (nSPS) is 14.4. The first-order valence-electron chi connectivity index (χ1n) is 5.64. The third-order valence-corrected chi connectivity index (χ3v) is 2.59. The van der Waals surface area contributed by atoms with E-state index in [4.69, 9.17) is 0 Å². The second kappa shape index (κ2) is 6.49. The monoisotopic (exact) mass is 237 g/mol. The van der Waals surface area contributed by atoms with E-state index in [2.05, 4.69) is 5.32 Å². The van der Waals surface area contributed by atoms with E-state index in [1.807, 2.05) is 6.07 Å². The van der Waals surface area contributed by atoms with E-state index in [9.17, 15) is 15.0 Å². The summed E-state index contributed by atoms with van der Waals surface area (Å²) in [5, 5.41) is 22.5. The quantitative estimate of drug-likeness (QED) is 0.671. The second-order valence-electron chi connectivity index (χ2n) is 4.15. The molecular formula is C13H19NO3. The van der Waals surface area contributed by atoms with E-state index >= 15 is 0 Å². The van der Waals surface area contributed by atoms with Crippen molar-refractivity contribution in [3.05, 3.63) is 35.4 Å². The largest absolute Gasteiger partial charge is 0.389 e. The number of aliphatic hydroxyl groups is 2. The lowest BCUT2D eigenvalue weighted by molar-refractivity contribution is -0.116. The molecule has 0 radical (unpaired) electrons. The number of carbonyl (C=O) groups is 1. The first-order valence-corrected chi connectivity index (χ1v) is 5.64. The molecule has 0 aliphatic heterocycles. The fraction of sp³-hybridized carbons (Fsp3) is 0.462. The van der Waals surface area contributed by atoms with Crippen molar-refractivity contribution >= 4 is 5.78 Å². The molecule has 0 spiro atoms. The van der Waals surface area contributed by atoms with Crippen LogP contribution in [0, 0.1) is 0 Å². The summed E-state index contributed by atoms with van der Waals surface area (Å²) in [6.07, 6.45) is -1.58. The minimum atomic E-state index is -0.974. The van der Waals surface area contributed by atoms with E-state index in [0.29, 0.717) is 12.1 Å². The zero-order valence-electron chi connectivity index (χ0n) is 10.2. The standard InChI is InChI=1S/C13H19NO3/c1-9(15)7-10-5-3-4-6-11(10)13(17)12(16)8-14-2/h3-6,12-14,16-17H,7-8H2,1-2H3. The van der Waals surface area contributed by atoms with E-state index < -0.39 is 12.2 Å². The Balaban J connectivity index is 2.91. The molecule has 4 nitrogen and oxygen atoms in total. The molecule has 2 atom stereocenters. The van der Waals surface area contributed by atoms with E-state index in [1.54, 1.807) is 25.2 Å². The minimum Gasteiger partial charge on any atom is -0.389 e. The zero-order valence-corrected chi connectivity index (χ0v) is 10.2. The Hall–Kier alpha value is -1.23. The van der Waals surface area contributed by atoms with Gasteiger partial charge in [0, 0.05) is 13.0 Å². The molecule has 0 amide bonds. The first kappa shape index (κ1) is 13.8. The summed E-state index contributed by atoms with van der Waals surface area (Å²) in [5.41, 5.74) is 1.38. The number of benzene rings is 1. The smallest absolute Gasteiger partial charge is 0.134 e. The number of carbonyl (C=O) groups excluding carboxylic acids is 1. The highest BCUT2D eigenvalue weighted by molar-refractivity contribution is 5.78. The van der Waals surface area contributed by atoms with Crippen molar-refractivity contribution < 1.29 is 15.0 Å². The number of rotatable bonds is 6. The fourth-order valence-corrected chi connectivity index (χ4v) is 1.78. The highest BCUT2D eigenvalue weighted by Gasteiger charge is 2.20. The molecule has 94 valence electrons.